The first-order chi connectivity index (χ1) is 12.4. The number of rotatable bonds is 2. The molecule has 0 saturated heterocycles. The molecule has 2 aromatic rings. The van der Waals surface area contributed by atoms with Crippen LogP contribution in [0.25, 0.3) is 0 Å². The summed E-state index contributed by atoms with van der Waals surface area (Å²) in [4.78, 5) is 35.6. The summed E-state index contributed by atoms with van der Waals surface area (Å²) in [5.41, 5.74) is 2.14. The van der Waals surface area contributed by atoms with Crippen molar-refractivity contribution < 1.29 is 28.7 Å². The third kappa shape index (κ3) is 9.61. The van der Waals surface area contributed by atoms with Gasteiger partial charge >= 0.3 is 15.2 Å². The third-order valence-corrected chi connectivity index (χ3v) is 6.08. The van der Waals surface area contributed by atoms with Crippen molar-refractivity contribution >= 4 is 55.4 Å². The molecule has 0 spiro atoms. The summed E-state index contributed by atoms with van der Waals surface area (Å²) < 4.78 is 21.8. The van der Waals surface area contributed by atoms with E-state index in [1.165, 1.54) is 24.3 Å². The summed E-state index contributed by atoms with van der Waals surface area (Å²) >= 11 is 0. The standard InChI is InChI=1S/2C10H15O3P.Na/c2*1-10(2,3)8-4-6-9(7-5-8)14(11,12)13;/h2*4-7H,1-3H3,(H2,11,12,13);. The summed E-state index contributed by atoms with van der Waals surface area (Å²) in [5.74, 6) is 0. The molecule has 0 aliphatic heterocycles. The molecule has 0 aliphatic carbocycles. The van der Waals surface area contributed by atoms with Gasteiger partial charge in [-0.3, -0.25) is 9.13 Å². The Kier molecular flexibility index (Phi) is 10.3. The molecule has 6 nitrogen and oxygen atoms in total. The quantitative estimate of drug-likeness (QED) is 0.412. The van der Waals surface area contributed by atoms with Crippen LogP contribution < -0.4 is 10.6 Å². The Morgan fingerprint density at radius 2 is 0.759 bits per heavy atom. The van der Waals surface area contributed by atoms with Gasteiger partial charge in [0.25, 0.3) is 0 Å². The van der Waals surface area contributed by atoms with Crippen molar-refractivity contribution in [3.05, 3.63) is 59.7 Å². The molecule has 0 unspecified atom stereocenters. The van der Waals surface area contributed by atoms with Crippen LogP contribution in [0.15, 0.2) is 48.5 Å². The Morgan fingerprint density at radius 1 is 0.552 bits per heavy atom. The summed E-state index contributed by atoms with van der Waals surface area (Å²) in [7, 11) is -8.18. The molecule has 9 heteroatoms. The van der Waals surface area contributed by atoms with E-state index in [2.05, 4.69) is 41.5 Å². The molecule has 0 saturated carbocycles. The second kappa shape index (κ2) is 10.4. The van der Waals surface area contributed by atoms with Crippen LogP contribution >= 0.6 is 15.2 Å². The molecule has 0 heterocycles. The van der Waals surface area contributed by atoms with E-state index in [0.717, 1.165) is 11.1 Å². The van der Waals surface area contributed by atoms with Crippen LogP contribution in [0.3, 0.4) is 0 Å². The average Bonchev–Trinajstić information content (AvgIpc) is 2.52. The topological polar surface area (TPSA) is 115 Å². The summed E-state index contributed by atoms with van der Waals surface area (Å²) in [6.07, 6.45) is 0. The average molecular weight is 451 g/mol. The van der Waals surface area contributed by atoms with Crippen LogP contribution in [-0.2, 0) is 20.0 Å². The maximum absolute atomic E-state index is 10.9. The van der Waals surface area contributed by atoms with Gasteiger partial charge in [0, 0.05) is 29.6 Å². The van der Waals surface area contributed by atoms with E-state index in [0.29, 0.717) is 0 Å². The Hall–Kier alpha value is -0.260. The van der Waals surface area contributed by atoms with Crippen molar-refractivity contribution in [3.63, 3.8) is 0 Å². The molecular weight excluding hydrogens is 421 g/mol. The minimum Gasteiger partial charge on any atom is -0.321 e. The van der Waals surface area contributed by atoms with E-state index < -0.39 is 15.2 Å². The maximum atomic E-state index is 10.9. The molecule has 4 N–H and O–H groups in total. The number of benzene rings is 2. The summed E-state index contributed by atoms with van der Waals surface area (Å²) in [6, 6.07) is 13.0. The first-order valence-corrected chi connectivity index (χ1v) is 12.0. The zero-order valence-corrected chi connectivity index (χ0v) is 21.9. The molecule has 1 radical (unpaired) electrons. The van der Waals surface area contributed by atoms with Gasteiger partial charge < -0.3 is 19.6 Å². The number of hydrogen-bond donors (Lipinski definition) is 4. The fraction of sp³-hybridized carbons (Fsp3) is 0.400. The predicted molar refractivity (Wildman–Crippen MR) is 119 cm³/mol. The molecule has 157 valence electrons. The van der Waals surface area contributed by atoms with E-state index in [4.69, 9.17) is 19.6 Å². The van der Waals surface area contributed by atoms with Gasteiger partial charge in [-0.1, -0.05) is 65.8 Å². The normalized spacial score (nSPS) is 12.5. The van der Waals surface area contributed by atoms with E-state index in [-0.39, 0.29) is 51.0 Å². The van der Waals surface area contributed by atoms with Crippen LogP contribution in [0.4, 0.5) is 0 Å². The van der Waals surface area contributed by atoms with Crippen LogP contribution in [0.5, 0.6) is 0 Å². The van der Waals surface area contributed by atoms with Crippen molar-refractivity contribution in [2.45, 2.75) is 52.4 Å². The van der Waals surface area contributed by atoms with Gasteiger partial charge in [-0.2, -0.15) is 0 Å². The Labute approximate surface area is 195 Å². The largest absolute Gasteiger partial charge is 0.356 e. The first-order valence-electron chi connectivity index (χ1n) is 8.76. The van der Waals surface area contributed by atoms with Gasteiger partial charge in [0.15, 0.2) is 0 Å². The second-order valence-corrected chi connectivity index (χ2v) is 11.9. The first kappa shape index (κ1) is 28.7. The van der Waals surface area contributed by atoms with Gasteiger partial charge in [0.1, 0.15) is 0 Å². The second-order valence-electron chi connectivity index (χ2n) is 8.68. The van der Waals surface area contributed by atoms with Gasteiger partial charge in [0.2, 0.25) is 0 Å². The Bertz CT molecular complexity index is 794. The van der Waals surface area contributed by atoms with Gasteiger partial charge in [0.05, 0.1) is 10.6 Å². The minimum atomic E-state index is -4.09. The van der Waals surface area contributed by atoms with E-state index >= 15 is 0 Å². The Morgan fingerprint density at radius 3 is 0.897 bits per heavy atom. The van der Waals surface area contributed by atoms with E-state index in [1.54, 1.807) is 24.3 Å². The van der Waals surface area contributed by atoms with Gasteiger partial charge in [-0.15, -0.1) is 0 Å². The molecule has 0 atom stereocenters. The van der Waals surface area contributed by atoms with Gasteiger partial charge in [-0.05, 0) is 46.2 Å². The smallest absolute Gasteiger partial charge is 0.321 e. The molecule has 29 heavy (non-hydrogen) atoms. The van der Waals surface area contributed by atoms with Crippen LogP contribution in [0.2, 0.25) is 0 Å². The molecule has 0 amide bonds. The number of hydrogen-bond acceptors (Lipinski definition) is 2. The molecule has 2 rings (SSSR count). The summed E-state index contributed by atoms with van der Waals surface area (Å²) in [6.45, 7) is 12.3. The zero-order valence-electron chi connectivity index (χ0n) is 18.1. The van der Waals surface area contributed by atoms with Crippen molar-refractivity contribution in [2.75, 3.05) is 0 Å². The Balaban J connectivity index is 0.000000523. The van der Waals surface area contributed by atoms with E-state index in [1.807, 2.05) is 0 Å². The molecule has 0 aliphatic rings. The molecule has 0 bridgehead atoms. The molecule has 0 aromatic heterocycles. The van der Waals surface area contributed by atoms with Gasteiger partial charge in [-0.25, -0.2) is 0 Å². The van der Waals surface area contributed by atoms with Crippen LogP contribution in [0, 0.1) is 0 Å². The molecular formula is C20H30NaO6P2. The summed E-state index contributed by atoms with van der Waals surface area (Å²) in [5, 5.41) is 0.149. The minimum absolute atomic E-state index is 0. The fourth-order valence-electron chi connectivity index (χ4n) is 2.31. The van der Waals surface area contributed by atoms with Crippen molar-refractivity contribution in [3.8, 4) is 0 Å². The predicted octanol–water partition coefficient (Wildman–Crippen LogP) is 3.19. The van der Waals surface area contributed by atoms with Crippen LogP contribution in [0.1, 0.15) is 52.7 Å². The maximum Gasteiger partial charge on any atom is 0.356 e. The van der Waals surface area contributed by atoms with E-state index in [9.17, 15) is 9.13 Å². The third-order valence-electron chi connectivity index (χ3n) is 4.14. The monoisotopic (exact) mass is 451 g/mol. The van der Waals surface area contributed by atoms with Crippen molar-refractivity contribution in [2.24, 2.45) is 0 Å². The van der Waals surface area contributed by atoms with Crippen molar-refractivity contribution in [1.29, 1.82) is 0 Å². The fourth-order valence-corrected chi connectivity index (χ4v) is 3.39. The van der Waals surface area contributed by atoms with Crippen molar-refractivity contribution in [1.82, 2.24) is 0 Å². The SMILES string of the molecule is CC(C)(C)c1ccc(P(=O)(O)O)cc1.CC(C)(C)c1ccc(P(=O)(O)O)cc1.[Na]. The zero-order chi connectivity index (χ0) is 22.0. The molecule has 0 fully saturated rings. The molecule has 2 aromatic carbocycles. The van der Waals surface area contributed by atoms with Crippen LogP contribution in [-0.4, -0.2) is 49.1 Å².